The van der Waals surface area contributed by atoms with Crippen LogP contribution in [-0.4, -0.2) is 51.8 Å². The van der Waals surface area contributed by atoms with Gasteiger partial charge in [-0.1, -0.05) is 0 Å². The molecular formula is C18H34O7. The molecule has 0 spiro atoms. The fourth-order valence-corrected chi connectivity index (χ4v) is 1.49. The SMILES string of the molecule is CCOCCOC(=COC=C(OCCOCC)OC(C)C)OC(C)C. The van der Waals surface area contributed by atoms with Crippen LogP contribution in [0, 0.1) is 0 Å². The summed E-state index contributed by atoms with van der Waals surface area (Å²) in [5.74, 6) is 0.535. The minimum absolute atomic E-state index is 0.0419. The fourth-order valence-electron chi connectivity index (χ4n) is 1.49. The van der Waals surface area contributed by atoms with E-state index in [1.54, 1.807) is 0 Å². The van der Waals surface area contributed by atoms with Crippen LogP contribution in [0.1, 0.15) is 41.5 Å². The van der Waals surface area contributed by atoms with Gasteiger partial charge in [0.05, 0.1) is 25.4 Å². The second-order valence-electron chi connectivity index (χ2n) is 5.43. The van der Waals surface area contributed by atoms with E-state index in [2.05, 4.69) is 0 Å². The minimum atomic E-state index is -0.0419. The van der Waals surface area contributed by atoms with E-state index in [0.717, 1.165) is 0 Å². The Morgan fingerprint density at radius 1 is 0.680 bits per heavy atom. The monoisotopic (exact) mass is 362 g/mol. The smallest absolute Gasteiger partial charge is 0.316 e. The largest absolute Gasteiger partial charge is 0.461 e. The molecular weight excluding hydrogens is 328 g/mol. The average molecular weight is 362 g/mol. The normalized spacial score (nSPS) is 12.5. The van der Waals surface area contributed by atoms with Crippen molar-refractivity contribution in [2.45, 2.75) is 53.8 Å². The van der Waals surface area contributed by atoms with Gasteiger partial charge in [-0.2, -0.15) is 0 Å². The summed E-state index contributed by atoms with van der Waals surface area (Å²) in [4.78, 5) is 0. The Hall–Kier alpha value is -1.60. The third-order valence-corrected chi connectivity index (χ3v) is 2.38. The van der Waals surface area contributed by atoms with E-state index in [0.29, 0.717) is 39.6 Å². The zero-order valence-corrected chi connectivity index (χ0v) is 16.4. The molecule has 7 nitrogen and oxygen atoms in total. The molecule has 0 aliphatic heterocycles. The lowest BCUT2D eigenvalue weighted by atomic mass is 10.5. The molecule has 0 amide bonds. The highest BCUT2D eigenvalue weighted by Crippen LogP contribution is 2.08. The predicted octanol–water partition coefficient (Wildman–Crippen LogP) is 3.56. The quantitative estimate of drug-likeness (QED) is 0.307. The fraction of sp³-hybridized carbons (Fsp3) is 0.778. The first kappa shape index (κ1) is 23.4. The van der Waals surface area contributed by atoms with Crippen molar-refractivity contribution in [2.75, 3.05) is 39.6 Å². The predicted molar refractivity (Wildman–Crippen MR) is 94.6 cm³/mol. The van der Waals surface area contributed by atoms with E-state index < -0.39 is 0 Å². The molecule has 0 rings (SSSR count). The van der Waals surface area contributed by atoms with Crippen LogP contribution in [0.25, 0.3) is 0 Å². The maximum Gasteiger partial charge on any atom is 0.316 e. The summed E-state index contributed by atoms with van der Waals surface area (Å²) < 4.78 is 37.9. The van der Waals surface area contributed by atoms with Gasteiger partial charge in [-0.05, 0) is 41.5 Å². The Kier molecular flexibility index (Phi) is 14.9. The van der Waals surface area contributed by atoms with E-state index in [1.165, 1.54) is 12.5 Å². The second-order valence-corrected chi connectivity index (χ2v) is 5.43. The van der Waals surface area contributed by atoms with Crippen LogP contribution in [-0.2, 0) is 33.2 Å². The van der Waals surface area contributed by atoms with Crippen molar-refractivity contribution in [1.29, 1.82) is 0 Å². The number of rotatable bonds is 16. The molecule has 0 N–H and O–H groups in total. The van der Waals surface area contributed by atoms with Crippen molar-refractivity contribution in [1.82, 2.24) is 0 Å². The lowest BCUT2D eigenvalue weighted by Gasteiger charge is -2.15. The summed E-state index contributed by atoms with van der Waals surface area (Å²) in [6, 6.07) is 0. The zero-order chi connectivity index (χ0) is 18.9. The van der Waals surface area contributed by atoms with E-state index in [-0.39, 0.29) is 24.1 Å². The van der Waals surface area contributed by atoms with E-state index in [4.69, 9.17) is 33.2 Å². The van der Waals surface area contributed by atoms with Gasteiger partial charge in [0.25, 0.3) is 0 Å². The summed E-state index contributed by atoms with van der Waals surface area (Å²) in [6.45, 7) is 14.5. The Bertz CT molecular complexity index is 330. The first-order valence-electron chi connectivity index (χ1n) is 8.79. The van der Waals surface area contributed by atoms with Crippen LogP contribution in [0.5, 0.6) is 0 Å². The van der Waals surface area contributed by atoms with Crippen molar-refractivity contribution >= 4 is 0 Å². The van der Waals surface area contributed by atoms with E-state index in [1.807, 2.05) is 41.5 Å². The van der Waals surface area contributed by atoms with Gasteiger partial charge in [0.1, 0.15) is 13.2 Å². The molecule has 0 saturated carbocycles. The van der Waals surface area contributed by atoms with Crippen LogP contribution in [0.2, 0.25) is 0 Å². The van der Waals surface area contributed by atoms with Gasteiger partial charge in [0, 0.05) is 13.2 Å². The Labute approximate surface area is 151 Å². The van der Waals surface area contributed by atoms with Crippen LogP contribution in [0.4, 0.5) is 0 Å². The number of hydrogen-bond acceptors (Lipinski definition) is 7. The first-order valence-corrected chi connectivity index (χ1v) is 8.79. The maximum atomic E-state index is 5.53. The molecule has 7 heteroatoms. The minimum Gasteiger partial charge on any atom is -0.461 e. The summed E-state index contributed by atoms with van der Waals surface area (Å²) in [5, 5.41) is 0. The maximum absolute atomic E-state index is 5.53. The summed E-state index contributed by atoms with van der Waals surface area (Å²) >= 11 is 0. The van der Waals surface area contributed by atoms with Crippen molar-refractivity contribution in [3.63, 3.8) is 0 Å². The van der Waals surface area contributed by atoms with Crippen LogP contribution >= 0.6 is 0 Å². The Balaban J connectivity index is 4.58. The molecule has 0 fully saturated rings. The van der Waals surface area contributed by atoms with Gasteiger partial charge in [-0.15, -0.1) is 0 Å². The highest BCUT2D eigenvalue weighted by molar-refractivity contribution is 4.83. The first-order chi connectivity index (χ1) is 12.0. The van der Waals surface area contributed by atoms with Crippen molar-refractivity contribution < 1.29 is 33.2 Å². The van der Waals surface area contributed by atoms with Crippen molar-refractivity contribution in [3.8, 4) is 0 Å². The molecule has 0 heterocycles. The van der Waals surface area contributed by atoms with Gasteiger partial charge >= 0.3 is 11.9 Å². The van der Waals surface area contributed by atoms with E-state index >= 15 is 0 Å². The van der Waals surface area contributed by atoms with Crippen LogP contribution in [0.3, 0.4) is 0 Å². The average Bonchev–Trinajstić information content (AvgIpc) is 2.54. The number of hydrogen-bond donors (Lipinski definition) is 0. The van der Waals surface area contributed by atoms with Crippen LogP contribution < -0.4 is 0 Å². The van der Waals surface area contributed by atoms with Crippen molar-refractivity contribution in [2.24, 2.45) is 0 Å². The topological polar surface area (TPSA) is 64.6 Å². The Morgan fingerprint density at radius 2 is 1.08 bits per heavy atom. The molecule has 0 aliphatic carbocycles. The summed E-state index contributed by atoms with van der Waals surface area (Å²) in [5.41, 5.74) is 0. The van der Waals surface area contributed by atoms with E-state index in [9.17, 15) is 0 Å². The van der Waals surface area contributed by atoms with Gasteiger partial charge < -0.3 is 33.2 Å². The summed E-state index contributed by atoms with van der Waals surface area (Å²) in [6.07, 6.45) is 2.64. The second kappa shape index (κ2) is 15.9. The lowest BCUT2D eigenvalue weighted by Crippen LogP contribution is -2.11. The molecule has 0 aliphatic rings. The molecule has 25 heavy (non-hydrogen) atoms. The molecule has 148 valence electrons. The molecule has 0 radical (unpaired) electrons. The molecule has 0 saturated heterocycles. The molecule has 0 aromatic carbocycles. The van der Waals surface area contributed by atoms with Gasteiger partial charge in [-0.3, -0.25) is 0 Å². The zero-order valence-electron chi connectivity index (χ0n) is 16.4. The van der Waals surface area contributed by atoms with Crippen LogP contribution in [0.15, 0.2) is 24.4 Å². The van der Waals surface area contributed by atoms with Crippen molar-refractivity contribution in [3.05, 3.63) is 24.4 Å². The highest BCUT2D eigenvalue weighted by Gasteiger charge is 2.06. The lowest BCUT2D eigenvalue weighted by molar-refractivity contribution is -0.0276. The molecule has 0 aromatic rings. The van der Waals surface area contributed by atoms with Gasteiger partial charge in [0.15, 0.2) is 12.5 Å². The highest BCUT2D eigenvalue weighted by atomic mass is 16.7. The van der Waals surface area contributed by atoms with Gasteiger partial charge in [-0.25, -0.2) is 0 Å². The van der Waals surface area contributed by atoms with Gasteiger partial charge in [0.2, 0.25) is 0 Å². The molecule has 0 aromatic heterocycles. The number of ether oxygens (including phenoxy) is 7. The summed E-state index contributed by atoms with van der Waals surface area (Å²) in [7, 11) is 0. The third-order valence-electron chi connectivity index (χ3n) is 2.38. The molecule has 0 bridgehead atoms. The Morgan fingerprint density at radius 3 is 1.40 bits per heavy atom. The standard InChI is InChI=1S/C18H34O7/c1-7-19-9-11-22-17(24-15(3)4)13-21-14-18(25-16(5)6)23-12-10-20-8-2/h13-16H,7-12H2,1-6H3. The molecule has 0 atom stereocenters. The molecule has 0 unspecified atom stereocenters. The third kappa shape index (κ3) is 15.7.